The number of aromatic nitrogens is 1. The summed E-state index contributed by atoms with van der Waals surface area (Å²) in [5.41, 5.74) is 1.42. The summed E-state index contributed by atoms with van der Waals surface area (Å²) in [5.74, 6) is 0.128. The third-order valence-corrected chi connectivity index (χ3v) is 2.90. The van der Waals surface area contributed by atoms with Crippen molar-refractivity contribution in [2.24, 2.45) is 0 Å². The van der Waals surface area contributed by atoms with Crippen molar-refractivity contribution in [1.82, 2.24) is 9.88 Å². The summed E-state index contributed by atoms with van der Waals surface area (Å²) in [5, 5.41) is 9.58. The summed E-state index contributed by atoms with van der Waals surface area (Å²) in [6, 6.07) is 7.38. The maximum absolute atomic E-state index is 11.9. The van der Waals surface area contributed by atoms with Crippen LogP contribution in [0, 0.1) is 0 Å². The molecule has 1 aromatic carbocycles. The second-order valence-corrected chi connectivity index (χ2v) is 4.68. The van der Waals surface area contributed by atoms with Crippen molar-refractivity contribution >= 4 is 23.1 Å². The fourth-order valence-electron chi connectivity index (χ4n) is 1.88. The average molecular weight is 290 g/mol. The molecule has 0 aliphatic rings. The molecular formula is C15H18N2O4. The van der Waals surface area contributed by atoms with Crippen LogP contribution in [0.1, 0.15) is 5.89 Å². The molecule has 1 atom stereocenters. The largest absolute Gasteiger partial charge is 0.437 e. The molecule has 2 aromatic rings. The van der Waals surface area contributed by atoms with Crippen LogP contribution in [-0.4, -0.2) is 54.3 Å². The van der Waals surface area contributed by atoms with Crippen LogP contribution >= 0.6 is 0 Å². The number of methoxy groups -OCH3 is 1. The third kappa shape index (κ3) is 4.14. The van der Waals surface area contributed by atoms with Crippen LogP contribution in [0.15, 0.2) is 34.8 Å². The number of fused-ring (bicyclic) bond motifs is 1. The highest BCUT2D eigenvalue weighted by Gasteiger charge is 2.11. The van der Waals surface area contributed by atoms with E-state index in [1.807, 2.05) is 24.3 Å². The summed E-state index contributed by atoms with van der Waals surface area (Å²) in [6.45, 7) is 0.386. The Labute approximate surface area is 122 Å². The van der Waals surface area contributed by atoms with E-state index in [1.54, 1.807) is 7.05 Å². The van der Waals surface area contributed by atoms with Crippen molar-refractivity contribution in [3.63, 3.8) is 0 Å². The highest BCUT2D eigenvalue weighted by molar-refractivity contribution is 5.91. The maximum Gasteiger partial charge on any atom is 0.246 e. The van der Waals surface area contributed by atoms with Crippen molar-refractivity contribution in [3.05, 3.63) is 36.2 Å². The predicted octanol–water partition coefficient (Wildman–Crippen LogP) is 1.31. The summed E-state index contributed by atoms with van der Waals surface area (Å²) in [7, 11) is 3.11. The van der Waals surface area contributed by atoms with E-state index < -0.39 is 6.10 Å². The molecule has 0 saturated carbocycles. The van der Waals surface area contributed by atoms with Crippen molar-refractivity contribution in [2.45, 2.75) is 6.10 Å². The Kier molecular flexibility index (Phi) is 5.08. The van der Waals surface area contributed by atoms with E-state index >= 15 is 0 Å². The number of rotatable bonds is 6. The number of para-hydroxylation sites is 2. The molecule has 1 heterocycles. The van der Waals surface area contributed by atoms with Gasteiger partial charge in [-0.25, -0.2) is 4.98 Å². The van der Waals surface area contributed by atoms with Crippen molar-refractivity contribution < 1.29 is 19.1 Å². The number of benzene rings is 1. The number of hydrogen-bond donors (Lipinski definition) is 1. The van der Waals surface area contributed by atoms with E-state index in [4.69, 9.17) is 9.15 Å². The van der Waals surface area contributed by atoms with Crippen LogP contribution in [0.4, 0.5) is 0 Å². The molecule has 0 bridgehead atoms. The second kappa shape index (κ2) is 7.01. The molecule has 0 radical (unpaired) electrons. The van der Waals surface area contributed by atoms with E-state index in [0.29, 0.717) is 11.5 Å². The molecule has 0 saturated heterocycles. The van der Waals surface area contributed by atoms with Crippen LogP contribution in [-0.2, 0) is 9.53 Å². The van der Waals surface area contributed by atoms with Crippen LogP contribution in [0.25, 0.3) is 17.2 Å². The monoisotopic (exact) mass is 290 g/mol. The number of carbonyl (C=O) groups is 1. The SMILES string of the molecule is COCC(O)CN(C)C(=O)C=Cc1nc2ccccc2o1. The van der Waals surface area contributed by atoms with Crippen LogP contribution < -0.4 is 0 Å². The summed E-state index contributed by atoms with van der Waals surface area (Å²) in [6.07, 6.45) is 2.17. The lowest BCUT2D eigenvalue weighted by molar-refractivity contribution is -0.126. The van der Waals surface area contributed by atoms with Gasteiger partial charge in [0, 0.05) is 32.9 Å². The van der Waals surface area contributed by atoms with Crippen molar-refractivity contribution in [2.75, 3.05) is 27.3 Å². The number of oxazole rings is 1. The topological polar surface area (TPSA) is 75.8 Å². The lowest BCUT2D eigenvalue weighted by atomic mass is 10.3. The third-order valence-electron chi connectivity index (χ3n) is 2.90. The molecule has 112 valence electrons. The molecule has 0 fully saturated rings. The normalized spacial score (nSPS) is 12.9. The van der Waals surface area contributed by atoms with Crippen LogP contribution in [0.5, 0.6) is 0 Å². The minimum absolute atomic E-state index is 0.187. The van der Waals surface area contributed by atoms with Crippen molar-refractivity contribution in [1.29, 1.82) is 0 Å². The quantitative estimate of drug-likeness (QED) is 0.812. The second-order valence-electron chi connectivity index (χ2n) is 4.68. The van der Waals surface area contributed by atoms with Gasteiger partial charge in [-0.15, -0.1) is 0 Å². The fourth-order valence-corrected chi connectivity index (χ4v) is 1.88. The molecule has 1 aromatic heterocycles. The van der Waals surface area contributed by atoms with E-state index in [1.165, 1.54) is 24.2 Å². The zero-order chi connectivity index (χ0) is 15.2. The highest BCUT2D eigenvalue weighted by Crippen LogP contribution is 2.15. The van der Waals surface area contributed by atoms with E-state index in [9.17, 15) is 9.90 Å². The van der Waals surface area contributed by atoms with Crippen molar-refractivity contribution in [3.8, 4) is 0 Å². The van der Waals surface area contributed by atoms with Gasteiger partial charge in [0.1, 0.15) is 5.52 Å². The molecule has 0 aliphatic carbocycles. The standard InChI is InChI=1S/C15H18N2O4/c1-17(9-11(18)10-20-2)15(19)8-7-14-16-12-5-3-4-6-13(12)21-14/h3-8,11,18H,9-10H2,1-2H3. The minimum Gasteiger partial charge on any atom is -0.437 e. The van der Waals surface area contributed by atoms with Gasteiger partial charge in [0.2, 0.25) is 11.8 Å². The molecule has 0 spiro atoms. The first-order chi connectivity index (χ1) is 10.1. The molecule has 1 N–H and O–H groups in total. The van der Waals surface area contributed by atoms with Gasteiger partial charge < -0.3 is 19.2 Å². The Bertz CT molecular complexity index is 602. The van der Waals surface area contributed by atoms with Gasteiger partial charge in [-0.3, -0.25) is 4.79 Å². The lowest BCUT2D eigenvalue weighted by Crippen LogP contribution is -2.35. The molecule has 6 nitrogen and oxygen atoms in total. The Hall–Kier alpha value is -2.18. The average Bonchev–Trinajstić information content (AvgIpc) is 2.87. The maximum atomic E-state index is 11.9. The Morgan fingerprint density at radius 3 is 3.00 bits per heavy atom. The lowest BCUT2D eigenvalue weighted by Gasteiger charge is -2.18. The number of likely N-dealkylation sites (N-methyl/N-ethyl adjacent to an activating group) is 1. The summed E-state index contributed by atoms with van der Waals surface area (Å²) in [4.78, 5) is 17.5. The van der Waals surface area contributed by atoms with Gasteiger partial charge in [0.05, 0.1) is 12.7 Å². The Morgan fingerprint density at radius 1 is 1.52 bits per heavy atom. The van der Waals surface area contributed by atoms with Gasteiger partial charge in [-0.2, -0.15) is 0 Å². The number of aliphatic hydroxyl groups is 1. The first-order valence-electron chi connectivity index (χ1n) is 6.56. The van der Waals surface area contributed by atoms with E-state index in [2.05, 4.69) is 4.98 Å². The first-order valence-corrected chi connectivity index (χ1v) is 6.56. The van der Waals surface area contributed by atoms with E-state index in [0.717, 1.165) is 5.52 Å². The highest BCUT2D eigenvalue weighted by atomic mass is 16.5. The van der Waals surface area contributed by atoms with Crippen LogP contribution in [0.2, 0.25) is 0 Å². The predicted molar refractivity (Wildman–Crippen MR) is 78.6 cm³/mol. The van der Waals surface area contributed by atoms with Gasteiger partial charge in [-0.1, -0.05) is 12.1 Å². The summed E-state index contributed by atoms with van der Waals surface area (Å²) < 4.78 is 10.3. The number of hydrogen-bond acceptors (Lipinski definition) is 5. The van der Waals surface area contributed by atoms with Gasteiger partial charge in [-0.05, 0) is 12.1 Å². The number of nitrogens with zero attached hydrogens (tertiary/aromatic N) is 2. The summed E-state index contributed by atoms with van der Waals surface area (Å²) >= 11 is 0. The molecule has 6 heteroatoms. The van der Waals surface area contributed by atoms with Crippen LogP contribution in [0.3, 0.4) is 0 Å². The zero-order valence-corrected chi connectivity index (χ0v) is 12.0. The molecule has 0 aliphatic heterocycles. The number of amides is 1. The van der Waals surface area contributed by atoms with Gasteiger partial charge in [0.15, 0.2) is 5.58 Å². The molecule has 21 heavy (non-hydrogen) atoms. The molecular weight excluding hydrogens is 272 g/mol. The van der Waals surface area contributed by atoms with E-state index in [-0.39, 0.29) is 19.1 Å². The van der Waals surface area contributed by atoms with Gasteiger partial charge >= 0.3 is 0 Å². The molecule has 1 amide bonds. The Balaban J connectivity index is 1.97. The number of aliphatic hydroxyl groups excluding tert-OH is 1. The molecule has 1 unspecified atom stereocenters. The zero-order valence-electron chi connectivity index (χ0n) is 12.0. The number of carbonyl (C=O) groups excluding carboxylic acids is 1. The fraction of sp³-hybridized carbons (Fsp3) is 0.333. The van der Waals surface area contributed by atoms with Gasteiger partial charge in [0.25, 0.3) is 0 Å². The first kappa shape index (κ1) is 15.2. The minimum atomic E-state index is -0.707. The Morgan fingerprint density at radius 2 is 2.29 bits per heavy atom. The number of ether oxygens (including phenoxy) is 1. The molecule has 2 rings (SSSR count). The smallest absolute Gasteiger partial charge is 0.246 e.